The van der Waals surface area contributed by atoms with Gasteiger partial charge in [-0.3, -0.25) is 4.79 Å². The molecule has 19 heavy (non-hydrogen) atoms. The normalized spacial score (nSPS) is 10.4. The number of carbonyl (C=O) groups is 1. The smallest absolute Gasteiger partial charge is 0.220 e. The van der Waals surface area contributed by atoms with E-state index in [-0.39, 0.29) is 5.91 Å². The molecule has 2 nitrogen and oxygen atoms in total. The molecule has 0 spiro atoms. The van der Waals surface area contributed by atoms with Crippen LogP contribution in [0.25, 0.3) is 0 Å². The van der Waals surface area contributed by atoms with Crippen molar-refractivity contribution in [3.05, 3.63) is 57.3 Å². The number of hydrogen-bond acceptors (Lipinski definition) is 2. The zero-order valence-corrected chi connectivity index (χ0v) is 12.2. The second-order valence-electron chi connectivity index (χ2n) is 4.79. The maximum absolute atomic E-state index is 11.8. The first-order valence-corrected chi connectivity index (χ1v) is 7.38. The number of amides is 1. The van der Waals surface area contributed by atoms with E-state index in [0.29, 0.717) is 13.0 Å². The highest BCUT2D eigenvalue weighted by Gasteiger charge is 2.04. The highest BCUT2D eigenvalue weighted by atomic mass is 32.1. The number of rotatable bonds is 5. The fourth-order valence-electron chi connectivity index (χ4n) is 2.02. The Labute approximate surface area is 118 Å². The Kier molecular flexibility index (Phi) is 4.74. The zero-order valence-electron chi connectivity index (χ0n) is 11.4. The van der Waals surface area contributed by atoms with Gasteiger partial charge in [0.05, 0.1) is 0 Å². The Bertz CT molecular complexity index is 546. The van der Waals surface area contributed by atoms with Crippen molar-refractivity contribution in [2.45, 2.75) is 33.2 Å². The molecule has 1 heterocycles. The van der Waals surface area contributed by atoms with Crippen LogP contribution in [0.4, 0.5) is 0 Å². The third kappa shape index (κ3) is 4.21. The summed E-state index contributed by atoms with van der Waals surface area (Å²) in [6.45, 7) is 4.78. The topological polar surface area (TPSA) is 29.1 Å². The number of carbonyl (C=O) groups excluding carboxylic acids is 1. The van der Waals surface area contributed by atoms with E-state index in [0.717, 1.165) is 6.42 Å². The predicted octanol–water partition coefficient (Wildman–Crippen LogP) is 3.61. The first kappa shape index (κ1) is 13.8. The summed E-state index contributed by atoms with van der Waals surface area (Å²) in [5, 5.41) is 5.03. The summed E-state index contributed by atoms with van der Waals surface area (Å²) in [5.41, 5.74) is 3.68. The summed E-state index contributed by atoms with van der Waals surface area (Å²) in [7, 11) is 0. The van der Waals surface area contributed by atoms with Crippen molar-refractivity contribution < 1.29 is 4.79 Å². The molecular formula is C16H19NOS. The van der Waals surface area contributed by atoms with E-state index in [9.17, 15) is 4.79 Å². The van der Waals surface area contributed by atoms with Gasteiger partial charge in [-0.15, -0.1) is 11.3 Å². The molecule has 0 saturated heterocycles. The molecule has 0 unspecified atom stereocenters. The van der Waals surface area contributed by atoms with Crippen LogP contribution in [0.2, 0.25) is 0 Å². The van der Waals surface area contributed by atoms with Crippen LogP contribution >= 0.6 is 11.3 Å². The Hall–Kier alpha value is -1.61. The van der Waals surface area contributed by atoms with Gasteiger partial charge in [0.25, 0.3) is 0 Å². The summed E-state index contributed by atoms with van der Waals surface area (Å²) in [5.74, 6) is 0.119. The van der Waals surface area contributed by atoms with Gasteiger partial charge in [0, 0.05) is 17.8 Å². The molecular weight excluding hydrogens is 254 g/mol. The second-order valence-corrected chi connectivity index (χ2v) is 5.82. The summed E-state index contributed by atoms with van der Waals surface area (Å²) in [6, 6.07) is 10.4. The maximum atomic E-state index is 11.8. The lowest BCUT2D eigenvalue weighted by Crippen LogP contribution is -2.23. The van der Waals surface area contributed by atoms with Gasteiger partial charge in [0.15, 0.2) is 0 Å². The molecule has 1 N–H and O–H groups in total. The third-order valence-corrected chi connectivity index (χ3v) is 4.09. The molecule has 0 fully saturated rings. The van der Waals surface area contributed by atoms with Crippen molar-refractivity contribution in [2.24, 2.45) is 0 Å². The molecule has 100 valence electrons. The monoisotopic (exact) mass is 273 g/mol. The minimum Gasteiger partial charge on any atom is -0.352 e. The van der Waals surface area contributed by atoms with Gasteiger partial charge in [0.2, 0.25) is 5.91 Å². The van der Waals surface area contributed by atoms with E-state index in [1.807, 2.05) is 11.4 Å². The standard InChI is InChI=1S/C16H19NOS/c1-12-5-6-14(13(2)10-12)11-17-16(18)8-7-15-4-3-9-19-15/h3-6,9-10H,7-8,11H2,1-2H3,(H,17,18). The first-order chi connectivity index (χ1) is 9.15. The number of hydrogen-bond donors (Lipinski definition) is 1. The molecule has 2 rings (SSSR count). The van der Waals surface area contributed by atoms with Crippen molar-refractivity contribution in [3.8, 4) is 0 Å². The molecule has 0 saturated carbocycles. The summed E-state index contributed by atoms with van der Waals surface area (Å²) < 4.78 is 0. The lowest BCUT2D eigenvalue weighted by molar-refractivity contribution is -0.121. The summed E-state index contributed by atoms with van der Waals surface area (Å²) in [6.07, 6.45) is 1.39. The molecule has 0 bridgehead atoms. The number of thiophene rings is 1. The molecule has 0 aliphatic heterocycles. The highest BCUT2D eigenvalue weighted by Crippen LogP contribution is 2.12. The van der Waals surface area contributed by atoms with Gasteiger partial charge in [-0.2, -0.15) is 0 Å². The van der Waals surface area contributed by atoms with Crippen molar-refractivity contribution in [1.82, 2.24) is 5.32 Å². The second kappa shape index (κ2) is 6.53. The molecule has 1 amide bonds. The van der Waals surface area contributed by atoms with Crippen LogP contribution in [0.1, 0.15) is 28.0 Å². The molecule has 0 aliphatic rings. The lowest BCUT2D eigenvalue weighted by Gasteiger charge is -2.08. The average Bonchev–Trinajstić information content (AvgIpc) is 2.88. The quantitative estimate of drug-likeness (QED) is 0.886. The van der Waals surface area contributed by atoms with Crippen molar-refractivity contribution >= 4 is 17.2 Å². The van der Waals surface area contributed by atoms with Crippen LogP contribution in [0.3, 0.4) is 0 Å². The van der Waals surface area contributed by atoms with Crippen molar-refractivity contribution in [2.75, 3.05) is 0 Å². The van der Waals surface area contributed by atoms with Crippen LogP contribution in [0.15, 0.2) is 35.7 Å². The van der Waals surface area contributed by atoms with Crippen LogP contribution in [0, 0.1) is 13.8 Å². The Morgan fingerprint density at radius 1 is 1.26 bits per heavy atom. The summed E-state index contributed by atoms with van der Waals surface area (Å²) in [4.78, 5) is 13.0. The maximum Gasteiger partial charge on any atom is 0.220 e. The lowest BCUT2D eigenvalue weighted by atomic mass is 10.1. The largest absolute Gasteiger partial charge is 0.352 e. The van der Waals surface area contributed by atoms with Crippen LogP contribution in [-0.2, 0) is 17.8 Å². The molecule has 2 aromatic rings. The zero-order chi connectivity index (χ0) is 13.7. The van der Waals surface area contributed by atoms with E-state index in [1.54, 1.807) is 11.3 Å². The van der Waals surface area contributed by atoms with Crippen LogP contribution < -0.4 is 5.32 Å². The Morgan fingerprint density at radius 3 is 2.79 bits per heavy atom. The van der Waals surface area contributed by atoms with Crippen LogP contribution in [-0.4, -0.2) is 5.91 Å². The predicted molar refractivity (Wildman–Crippen MR) is 80.4 cm³/mol. The van der Waals surface area contributed by atoms with Gasteiger partial charge in [-0.25, -0.2) is 0 Å². The van der Waals surface area contributed by atoms with Crippen molar-refractivity contribution in [3.63, 3.8) is 0 Å². The fourth-order valence-corrected chi connectivity index (χ4v) is 2.73. The highest BCUT2D eigenvalue weighted by molar-refractivity contribution is 7.09. The van der Waals surface area contributed by atoms with E-state index in [2.05, 4.69) is 43.4 Å². The van der Waals surface area contributed by atoms with E-state index in [4.69, 9.17) is 0 Å². The first-order valence-electron chi connectivity index (χ1n) is 6.50. The third-order valence-electron chi connectivity index (χ3n) is 3.15. The average molecular weight is 273 g/mol. The van der Waals surface area contributed by atoms with Gasteiger partial charge in [-0.1, -0.05) is 29.8 Å². The molecule has 3 heteroatoms. The number of aryl methyl sites for hydroxylation is 3. The van der Waals surface area contributed by atoms with Gasteiger partial charge in [-0.05, 0) is 42.8 Å². The van der Waals surface area contributed by atoms with Gasteiger partial charge < -0.3 is 5.32 Å². The van der Waals surface area contributed by atoms with E-state index < -0.39 is 0 Å². The SMILES string of the molecule is Cc1ccc(CNC(=O)CCc2cccs2)c(C)c1. The van der Waals surface area contributed by atoms with Gasteiger partial charge in [0.1, 0.15) is 0 Å². The summed E-state index contributed by atoms with van der Waals surface area (Å²) >= 11 is 1.70. The van der Waals surface area contributed by atoms with Gasteiger partial charge >= 0.3 is 0 Å². The van der Waals surface area contributed by atoms with Crippen LogP contribution in [0.5, 0.6) is 0 Å². The molecule has 0 radical (unpaired) electrons. The minimum atomic E-state index is 0.119. The Balaban J connectivity index is 1.80. The number of nitrogens with one attached hydrogen (secondary N) is 1. The fraction of sp³-hybridized carbons (Fsp3) is 0.312. The minimum absolute atomic E-state index is 0.119. The van der Waals surface area contributed by atoms with E-state index in [1.165, 1.54) is 21.6 Å². The Morgan fingerprint density at radius 2 is 2.11 bits per heavy atom. The number of benzene rings is 1. The van der Waals surface area contributed by atoms with Crippen molar-refractivity contribution in [1.29, 1.82) is 0 Å². The molecule has 1 aromatic heterocycles. The van der Waals surface area contributed by atoms with E-state index >= 15 is 0 Å². The molecule has 1 aromatic carbocycles. The molecule has 0 atom stereocenters. The molecule has 0 aliphatic carbocycles.